The van der Waals surface area contributed by atoms with Crippen molar-refractivity contribution < 1.29 is 24.0 Å². The van der Waals surface area contributed by atoms with Gasteiger partial charge in [0, 0.05) is 37.3 Å². The van der Waals surface area contributed by atoms with Crippen molar-refractivity contribution in [3.8, 4) is 5.75 Å². The van der Waals surface area contributed by atoms with Crippen LogP contribution in [0.15, 0.2) is 76.9 Å². The third-order valence-corrected chi connectivity index (χ3v) is 5.99. The van der Waals surface area contributed by atoms with E-state index in [0.717, 1.165) is 11.3 Å². The summed E-state index contributed by atoms with van der Waals surface area (Å²) >= 11 is 0. The molecule has 34 heavy (non-hydrogen) atoms. The van der Waals surface area contributed by atoms with Crippen LogP contribution < -0.4 is 9.64 Å². The Morgan fingerprint density at radius 1 is 1.00 bits per heavy atom. The lowest BCUT2D eigenvalue weighted by molar-refractivity contribution is -0.185. The smallest absolute Gasteiger partial charge is 0.342 e. The molecule has 1 aliphatic heterocycles. The molecule has 1 N–H and O–H groups in total. The van der Waals surface area contributed by atoms with Crippen LogP contribution in [-0.4, -0.2) is 42.6 Å². The van der Waals surface area contributed by atoms with Crippen molar-refractivity contribution in [1.82, 2.24) is 10.3 Å². The Hall–Kier alpha value is -4.17. The number of hydrogen-bond acceptors (Lipinski definition) is 8. The summed E-state index contributed by atoms with van der Waals surface area (Å²) in [5.74, 6) is -1.93. The molecule has 8 heteroatoms. The Kier molecular flexibility index (Phi) is 5.30. The van der Waals surface area contributed by atoms with E-state index < -0.39 is 11.8 Å². The molecule has 0 fully saturated rings. The molecule has 4 aromatic rings. The molecule has 0 saturated carbocycles. The molecule has 172 valence electrons. The molecule has 0 bridgehead atoms. The second-order valence-electron chi connectivity index (χ2n) is 8.32. The van der Waals surface area contributed by atoms with Gasteiger partial charge in [0.15, 0.2) is 0 Å². The van der Waals surface area contributed by atoms with Gasteiger partial charge in [0.05, 0.1) is 12.7 Å². The summed E-state index contributed by atoms with van der Waals surface area (Å²) in [7, 11) is 5.48. The largest absolute Gasteiger partial charge is 0.497 e. The number of methoxy groups -OCH3 is 1. The Balaban J connectivity index is 1.68. The van der Waals surface area contributed by atoms with Gasteiger partial charge >= 0.3 is 5.97 Å². The molecule has 0 radical (unpaired) electrons. The van der Waals surface area contributed by atoms with E-state index in [1.165, 1.54) is 0 Å². The lowest BCUT2D eigenvalue weighted by Gasteiger charge is -2.26. The van der Waals surface area contributed by atoms with Crippen LogP contribution in [0.2, 0.25) is 0 Å². The van der Waals surface area contributed by atoms with Crippen LogP contribution in [-0.2, 0) is 21.7 Å². The van der Waals surface area contributed by atoms with Crippen molar-refractivity contribution in [3.05, 3.63) is 89.0 Å². The summed E-state index contributed by atoms with van der Waals surface area (Å²) in [5.41, 5.74) is 4.73. The predicted octanol–water partition coefficient (Wildman–Crippen LogP) is 3.70. The van der Waals surface area contributed by atoms with Crippen molar-refractivity contribution >= 4 is 28.3 Å². The summed E-state index contributed by atoms with van der Waals surface area (Å²) in [6.45, 7) is 0. The molecule has 3 aromatic carbocycles. The van der Waals surface area contributed by atoms with Gasteiger partial charge in [-0.2, -0.15) is 0 Å². The first-order valence-corrected chi connectivity index (χ1v) is 10.7. The number of nitrogens with zero attached hydrogens (tertiary/aromatic N) is 3. The molecule has 1 aliphatic rings. The van der Waals surface area contributed by atoms with Gasteiger partial charge in [0.25, 0.3) is 5.79 Å². The van der Waals surface area contributed by atoms with Crippen LogP contribution >= 0.6 is 0 Å². The summed E-state index contributed by atoms with van der Waals surface area (Å²) in [6, 6.07) is 19.9. The highest BCUT2D eigenvalue weighted by Crippen LogP contribution is 2.45. The van der Waals surface area contributed by atoms with E-state index in [-0.39, 0.29) is 0 Å². The maximum absolute atomic E-state index is 13.2. The lowest BCUT2D eigenvalue weighted by Crippen LogP contribution is -2.29. The van der Waals surface area contributed by atoms with Crippen molar-refractivity contribution in [2.24, 2.45) is 0 Å². The fourth-order valence-electron chi connectivity index (χ4n) is 4.18. The average molecular weight is 457 g/mol. The number of carbonyl (C=O) groups excluding carboxylic acids is 1. The predicted molar refractivity (Wildman–Crippen MR) is 126 cm³/mol. The van der Waals surface area contributed by atoms with Gasteiger partial charge in [-0.25, -0.2) is 9.42 Å². The highest BCUT2D eigenvalue weighted by Gasteiger charge is 2.48. The first-order valence-electron chi connectivity index (χ1n) is 10.7. The van der Waals surface area contributed by atoms with Crippen LogP contribution in [0.3, 0.4) is 0 Å². The highest BCUT2D eigenvalue weighted by molar-refractivity contribution is 6.20. The van der Waals surface area contributed by atoms with Crippen molar-refractivity contribution in [2.75, 3.05) is 26.1 Å². The normalized spacial score (nSPS) is 17.8. The monoisotopic (exact) mass is 457 g/mol. The number of ether oxygens (including phenoxy) is 2. The molecular formula is C26H23N3O5. The molecule has 1 unspecified atom stereocenters. The summed E-state index contributed by atoms with van der Waals surface area (Å²) in [4.78, 5) is 15.2. The number of aromatic nitrogens is 2. The van der Waals surface area contributed by atoms with E-state index >= 15 is 0 Å². The minimum atomic E-state index is -1.94. The van der Waals surface area contributed by atoms with Crippen LogP contribution in [0, 0.1) is 0 Å². The molecule has 1 aromatic heterocycles. The molecule has 1 atom stereocenters. The van der Waals surface area contributed by atoms with Crippen LogP contribution in [0.4, 0.5) is 5.69 Å². The van der Waals surface area contributed by atoms with Crippen LogP contribution in [0.25, 0.3) is 16.6 Å². The average Bonchev–Trinajstić information content (AvgIpc) is 3.41. The zero-order valence-electron chi connectivity index (χ0n) is 19.0. The first kappa shape index (κ1) is 21.7. The van der Waals surface area contributed by atoms with Gasteiger partial charge in [-0.15, -0.1) is 0 Å². The maximum atomic E-state index is 13.2. The molecule has 0 spiro atoms. The van der Waals surface area contributed by atoms with Gasteiger partial charge in [0.2, 0.25) is 0 Å². The Morgan fingerprint density at radius 3 is 2.50 bits per heavy atom. The summed E-state index contributed by atoms with van der Waals surface area (Å²) < 4.78 is 15.7. The fourth-order valence-corrected chi connectivity index (χ4v) is 4.18. The molecule has 0 aliphatic carbocycles. The zero-order chi connectivity index (χ0) is 23.9. The lowest BCUT2D eigenvalue weighted by atomic mass is 9.88. The molecule has 2 heterocycles. The molecule has 0 amide bonds. The van der Waals surface area contributed by atoms with E-state index in [9.17, 15) is 9.90 Å². The number of hydrogen-bond donors (Lipinski definition) is 1. The van der Waals surface area contributed by atoms with Crippen LogP contribution in [0.1, 0.15) is 16.7 Å². The SMILES string of the molecule is COc1ccc(C2(O)OC(=O)C(c3ccc4nonc4c3)=C2Cc2cccc(N(C)C)c2)cc1. The highest BCUT2D eigenvalue weighted by atomic mass is 16.7. The summed E-state index contributed by atoms with van der Waals surface area (Å²) in [5, 5.41) is 19.5. The number of fused-ring (bicyclic) bond motifs is 1. The van der Waals surface area contributed by atoms with Gasteiger partial charge in [-0.1, -0.05) is 18.2 Å². The van der Waals surface area contributed by atoms with E-state index in [1.54, 1.807) is 49.6 Å². The Labute approximate surface area is 196 Å². The Bertz CT molecular complexity index is 1410. The number of rotatable bonds is 6. The second-order valence-corrected chi connectivity index (χ2v) is 8.32. The standard InChI is InChI=1S/C26H23N3O5/c1-29(2)19-6-4-5-16(13-19)14-21-24(17-7-12-22-23(15-17)28-34-27-22)25(30)33-26(21,31)18-8-10-20(32-3)11-9-18/h4-13,15,31H,14H2,1-3H3. The molecule has 0 saturated heterocycles. The third kappa shape index (κ3) is 3.68. The number of aliphatic hydroxyl groups is 1. The van der Waals surface area contributed by atoms with E-state index in [0.29, 0.717) is 45.5 Å². The minimum absolute atomic E-state index is 0.290. The van der Waals surface area contributed by atoms with E-state index in [4.69, 9.17) is 14.1 Å². The maximum Gasteiger partial charge on any atom is 0.342 e. The topological polar surface area (TPSA) is 97.9 Å². The number of cyclic esters (lactones) is 1. The van der Waals surface area contributed by atoms with Crippen LogP contribution in [0.5, 0.6) is 5.75 Å². The number of esters is 1. The quantitative estimate of drug-likeness (QED) is 0.438. The minimum Gasteiger partial charge on any atom is -0.497 e. The summed E-state index contributed by atoms with van der Waals surface area (Å²) in [6.07, 6.45) is 0.292. The fraction of sp³-hybridized carbons (Fsp3) is 0.192. The molecular weight excluding hydrogens is 434 g/mol. The third-order valence-electron chi connectivity index (χ3n) is 5.99. The van der Waals surface area contributed by atoms with Crippen molar-refractivity contribution in [1.29, 1.82) is 0 Å². The van der Waals surface area contributed by atoms with Gasteiger partial charge in [-0.05, 0) is 70.0 Å². The van der Waals surface area contributed by atoms with Gasteiger partial charge in [0.1, 0.15) is 16.8 Å². The van der Waals surface area contributed by atoms with Gasteiger partial charge in [-0.3, -0.25) is 0 Å². The van der Waals surface area contributed by atoms with Crippen molar-refractivity contribution in [2.45, 2.75) is 12.2 Å². The first-order chi connectivity index (χ1) is 16.4. The number of benzene rings is 3. The van der Waals surface area contributed by atoms with Crippen molar-refractivity contribution in [3.63, 3.8) is 0 Å². The molecule has 5 rings (SSSR count). The second kappa shape index (κ2) is 8.31. The van der Waals surface area contributed by atoms with Gasteiger partial charge < -0.3 is 19.5 Å². The van der Waals surface area contributed by atoms with E-state index in [2.05, 4.69) is 10.3 Å². The zero-order valence-corrected chi connectivity index (χ0v) is 19.0. The van der Waals surface area contributed by atoms with E-state index in [1.807, 2.05) is 43.3 Å². The Morgan fingerprint density at radius 2 is 1.76 bits per heavy atom. The number of anilines is 1. The molecule has 8 nitrogen and oxygen atoms in total. The number of carbonyl (C=O) groups is 1.